The highest BCUT2D eigenvalue weighted by Gasteiger charge is 2.43. The predicted molar refractivity (Wildman–Crippen MR) is 117 cm³/mol. The Balaban J connectivity index is 1.50. The lowest BCUT2D eigenvalue weighted by Crippen LogP contribution is -2.30. The fraction of sp³-hybridized carbons (Fsp3) is 0.435. The smallest absolute Gasteiger partial charge is 0.320 e. The lowest BCUT2D eigenvalue weighted by Gasteiger charge is -2.22. The molecule has 1 aliphatic heterocycles. The fourth-order valence-electron chi connectivity index (χ4n) is 4.71. The number of imidazole rings is 1. The quantitative estimate of drug-likeness (QED) is 0.520. The van der Waals surface area contributed by atoms with Crippen molar-refractivity contribution in [2.45, 2.75) is 55.8 Å². The summed E-state index contributed by atoms with van der Waals surface area (Å²) in [6.45, 7) is 0. The molecule has 9 heteroatoms. The molecule has 5 rings (SSSR count). The molecule has 166 valence electrons. The van der Waals surface area contributed by atoms with Crippen LogP contribution in [-0.4, -0.2) is 61.2 Å². The van der Waals surface area contributed by atoms with E-state index in [1.807, 2.05) is 6.07 Å². The molecular weight excluding hydrogens is 410 g/mol. The Morgan fingerprint density at radius 1 is 1.19 bits per heavy atom. The largest absolute Gasteiger partial charge is 0.467 e. The summed E-state index contributed by atoms with van der Waals surface area (Å²) in [4.78, 5) is 13.4. The van der Waals surface area contributed by atoms with Crippen molar-refractivity contribution in [2.24, 2.45) is 0 Å². The topological polar surface area (TPSA) is 115 Å². The van der Waals surface area contributed by atoms with Crippen LogP contribution in [0.25, 0.3) is 11.2 Å². The minimum Gasteiger partial charge on any atom is -0.467 e. The van der Waals surface area contributed by atoms with Gasteiger partial charge < -0.3 is 25.0 Å². The second-order valence-electron chi connectivity index (χ2n) is 8.18. The number of hydrogen-bond donors (Lipinski definition) is 3. The Hall–Kier alpha value is -3.19. The molecule has 2 unspecified atom stereocenters. The molecule has 32 heavy (non-hydrogen) atoms. The molecular formula is C23H25N5O4. The van der Waals surface area contributed by atoms with E-state index in [1.54, 1.807) is 4.57 Å². The number of terminal acetylenes is 1. The summed E-state index contributed by atoms with van der Waals surface area (Å²) in [5.41, 5.74) is 2.24. The van der Waals surface area contributed by atoms with E-state index >= 15 is 0 Å². The molecule has 2 fully saturated rings. The molecule has 6 atom stereocenters. The van der Waals surface area contributed by atoms with Gasteiger partial charge in [-0.1, -0.05) is 42.7 Å². The highest BCUT2D eigenvalue weighted by molar-refractivity contribution is 5.83. The van der Waals surface area contributed by atoms with Crippen molar-refractivity contribution in [3.63, 3.8) is 0 Å². The summed E-state index contributed by atoms with van der Waals surface area (Å²) in [7, 11) is 1.49. The number of fused-ring (bicyclic) bond motifs is 1. The lowest BCUT2D eigenvalue weighted by molar-refractivity contribution is -0.0230. The maximum absolute atomic E-state index is 10.5. The summed E-state index contributed by atoms with van der Waals surface area (Å²) in [5.74, 6) is 3.27. The summed E-state index contributed by atoms with van der Waals surface area (Å²) in [6, 6.07) is 10.8. The van der Waals surface area contributed by atoms with Gasteiger partial charge in [0.05, 0.1) is 13.4 Å². The normalized spacial score (nSPS) is 29.8. The molecule has 2 aromatic heterocycles. The number of anilines is 1. The van der Waals surface area contributed by atoms with Crippen LogP contribution in [0.15, 0.2) is 36.7 Å². The van der Waals surface area contributed by atoms with Crippen LogP contribution in [0, 0.1) is 12.3 Å². The molecule has 0 bridgehead atoms. The molecule has 3 aromatic rings. The third-order valence-electron chi connectivity index (χ3n) is 6.33. The van der Waals surface area contributed by atoms with Gasteiger partial charge in [-0.2, -0.15) is 9.97 Å². The van der Waals surface area contributed by atoms with E-state index in [1.165, 1.54) is 19.0 Å². The van der Waals surface area contributed by atoms with Crippen LogP contribution in [0.5, 0.6) is 6.01 Å². The first kappa shape index (κ1) is 20.7. The fourth-order valence-corrected chi connectivity index (χ4v) is 4.71. The zero-order valence-corrected chi connectivity index (χ0v) is 17.6. The van der Waals surface area contributed by atoms with Crippen LogP contribution < -0.4 is 10.1 Å². The molecule has 0 spiro atoms. The van der Waals surface area contributed by atoms with Crippen molar-refractivity contribution in [3.05, 3.63) is 42.2 Å². The van der Waals surface area contributed by atoms with Gasteiger partial charge in [0.25, 0.3) is 0 Å². The number of ether oxygens (including phenoxy) is 2. The van der Waals surface area contributed by atoms with E-state index in [0.717, 1.165) is 19.3 Å². The molecule has 1 saturated carbocycles. The van der Waals surface area contributed by atoms with Gasteiger partial charge in [-0.25, -0.2) is 4.98 Å². The van der Waals surface area contributed by atoms with Crippen LogP contribution >= 0.6 is 0 Å². The molecule has 2 aliphatic rings. The van der Waals surface area contributed by atoms with Crippen LogP contribution in [0.2, 0.25) is 0 Å². The Morgan fingerprint density at radius 3 is 2.72 bits per heavy atom. The first-order valence-corrected chi connectivity index (χ1v) is 10.7. The maximum atomic E-state index is 10.5. The van der Waals surface area contributed by atoms with E-state index in [9.17, 15) is 10.2 Å². The van der Waals surface area contributed by atoms with Crippen molar-refractivity contribution in [1.82, 2.24) is 19.5 Å². The molecule has 9 nitrogen and oxygen atoms in total. The molecule has 1 aliphatic carbocycles. The monoisotopic (exact) mass is 435 g/mol. The summed E-state index contributed by atoms with van der Waals surface area (Å²) >= 11 is 0. The Labute approximate surface area is 185 Å². The minimum atomic E-state index is -1.22. The number of hydrogen-bond acceptors (Lipinski definition) is 8. The second-order valence-corrected chi connectivity index (χ2v) is 8.18. The van der Waals surface area contributed by atoms with Gasteiger partial charge in [-0.15, -0.1) is 6.42 Å². The zero-order chi connectivity index (χ0) is 22.2. The number of nitrogens with zero attached hydrogens (tertiary/aromatic N) is 4. The van der Waals surface area contributed by atoms with Crippen LogP contribution in [-0.2, 0) is 4.74 Å². The molecule has 0 amide bonds. The average Bonchev–Trinajstić information content (AvgIpc) is 3.53. The van der Waals surface area contributed by atoms with Gasteiger partial charge in [-0.05, 0) is 18.4 Å². The van der Waals surface area contributed by atoms with Crippen molar-refractivity contribution in [3.8, 4) is 18.4 Å². The van der Waals surface area contributed by atoms with Gasteiger partial charge >= 0.3 is 6.01 Å². The lowest BCUT2D eigenvalue weighted by atomic mass is 9.94. The zero-order valence-electron chi connectivity index (χ0n) is 17.6. The molecule has 0 radical (unpaired) electrons. The summed E-state index contributed by atoms with van der Waals surface area (Å²) in [6.07, 6.45) is 5.87. The maximum Gasteiger partial charge on any atom is 0.320 e. The van der Waals surface area contributed by atoms with E-state index in [4.69, 9.17) is 15.9 Å². The number of methoxy groups -OCH3 is 1. The summed E-state index contributed by atoms with van der Waals surface area (Å²) in [5, 5.41) is 24.2. The van der Waals surface area contributed by atoms with Crippen molar-refractivity contribution < 1.29 is 19.7 Å². The highest BCUT2D eigenvalue weighted by atomic mass is 16.6. The number of aromatic nitrogens is 4. The average molecular weight is 435 g/mol. The number of rotatable bonds is 5. The summed E-state index contributed by atoms with van der Waals surface area (Å²) < 4.78 is 12.6. The van der Waals surface area contributed by atoms with Gasteiger partial charge in [0.1, 0.15) is 18.3 Å². The first-order chi connectivity index (χ1) is 15.6. The van der Waals surface area contributed by atoms with E-state index < -0.39 is 24.5 Å². The second kappa shape index (κ2) is 8.39. The van der Waals surface area contributed by atoms with Crippen molar-refractivity contribution in [1.29, 1.82) is 0 Å². The number of aliphatic hydroxyl groups excluding tert-OH is 2. The van der Waals surface area contributed by atoms with E-state index in [-0.39, 0.29) is 12.1 Å². The minimum absolute atomic E-state index is 0.164. The Bertz CT molecular complexity index is 1140. The van der Waals surface area contributed by atoms with E-state index in [2.05, 4.69) is 50.5 Å². The van der Waals surface area contributed by atoms with Gasteiger partial charge in [0.15, 0.2) is 23.2 Å². The number of nitrogens with one attached hydrogen (secondary N) is 1. The predicted octanol–water partition coefficient (Wildman–Crippen LogP) is 1.84. The van der Waals surface area contributed by atoms with Gasteiger partial charge in [0.2, 0.25) is 0 Å². The molecule has 1 saturated heterocycles. The third-order valence-corrected chi connectivity index (χ3v) is 6.33. The molecule has 3 N–H and O–H groups in total. The van der Waals surface area contributed by atoms with Gasteiger partial charge in [-0.3, -0.25) is 4.57 Å². The van der Waals surface area contributed by atoms with Crippen molar-refractivity contribution >= 4 is 17.0 Å². The number of aliphatic hydroxyl groups is 2. The Morgan fingerprint density at radius 2 is 2.00 bits per heavy atom. The Kier molecular flexibility index (Phi) is 5.43. The van der Waals surface area contributed by atoms with Crippen LogP contribution in [0.1, 0.15) is 37.0 Å². The van der Waals surface area contributed by atoms with Crippen LogP contribution in [0.3, 0.4) is 0 Å². The molecule has 3 heterocycles. The SMILES string of the molecule is C#C[C@H]1O[C@@H](n2cnc3c(NC4CCCC4c4ccccc4)nc(OC)nc32)[C@H](O)[C@@H]1O. The third kappa shape index (κ3) is 3.46. The van der Waals surface area contributed by atoms with Crippen molar-refractivity contribution in [2.75, 3.05) is 12.4 Å². The highest BCUT2D eigenvalue weighted by Crippen LogP contribution is 2.38. The molecule has 1 aromatic carbocycles. The van der Waals surface area contributed by atoms with Crippen LogP contribution in [0.4, 0.5) is 5.82 Å². The van der Waals surface area contributed by atoms with E-state index in [0.29, 0.717) is 22.9 Å². The first-order valence-electron chi connectivity index (χ1n) is 10.7. The standard InChI is InChI=1S/C23H25N5O4/c1-3-16-18(29)19(30)22(32-16)28-12-24-17-20(26-23(31-2)27-21(17)28)25-15-11-7-10-14(15)13-8-5-4-6-9-13/h1,4-6,8-9,12,14-16,18-19,22,29-30H,7,10-11H2,2H3,(H,25,26,27)/t14?,15?,16-,18-,19-,22-/m1/s1. The number of benzene rings is 1. The van der Waals surface area contributed by atoms with Gasteiger partial charge in [0, 0.05) is 12.0 Å².